The summed E-state index contributed by atoms with van der Waals surface area (Å²) in [5.74, 6) is -0.553. The van der Waals surface area contributed by atoms with Gasteiger partial charge in [0.25, 0.3) is 5.91 Å². The molecule has 3 rings (SSSR count). The van der Waals surface area contributed by atoms with Crippen LogP contribution in [0.5, 0.6) is 0 Å². The Labute approximate surface area is 179 Å². The van der Waals surface area contributed by atoms with Gasteiger partial charge in [0.1, 0.15) is 5.82 Å². The molecule has 0 spiro atoms. The molecule has 0 radical (unpaired) electrons. The Morgan fingerprint density at radius 1 is 1.11 bits per heavy atom. The Morgan fingerprint density at radius 2 is 1.79 bits per heavy atom. The van der Waals surface area contributed by atoms with Crippen LogP contribution in [0.4, 0.5) is 9.52 Å². The number of amides is 1. The molecule has 0 N–H and O–H groups in total. The number of halogens is 3. The summed E-state index contributed by atoms with van der Waals surface area (Å²) >= 11 is 7.51. The van der Waals surface area contributed by atoms with E-state index in [1.807, 2.05) is 12.1 Å². The van der Waals surface area contributed by atoms with Gasteiger partial charge in [-0.1, -0.05) is 36.8 Å². The second-order valence-electron chi connectivity index (χ2n) is 6.10. The smallest absolute Gasteiger partial charge is 0.260 e. The third-order valence-corrected chi connectivity index (χ3v) is 5.72. The fourth-order valence-corrected chi connectivity index (χ4v) is 4.08. The molecule has 0 aliphatic carbocycles. The zero-order valence-corrected chi connectivity index (χ0v) is 18.1. The molecule has 0 saturated heterocycles. The van der Waals surface area contributed by atoms with Crippen molar-refractivity contribution in [2.75, 3.05) is 31.1 Å². The van der Waals surface area contributed by atoms with Crippen molar-refractivity contribution in [3.63, 3.8) is 0 Å². The summed E-state index contributed by atoms with van der Waals surface area (Å²) in [6.45, 7) is 7.24. The lowest BCUT2D eigenvalue weighted by Gasteiger charge is -2.24. The molecular formula is C20H22Cl2FN3OS. The second-order valence-corrected chi connectivity index (χ2v) is 7.54. The van der Waals surface area contributed by atoms with Crippen LogP contribution in [0.2, 0.25) is 5.02 Å². The molecule has 28 heavy (non-hydrogen) atoms. The first-order valence-corrected chi connectivity index (χ1v) is 10.1. The number of fused-ring (bicyclic) bond motifs is 1. The number of nitrogens with zero attached hydrogens (tertiary/aromatic N) is 3. The fraction of sp³-hybridized carbons (Fsp3) is 0.300. The summed E-state index contributed by atoms with van der Waals surface area (Å²) in [4.78, 5) is 21.7. The monoisotopic (exact) mass is 441 g/mol. The van der Waals surface area contributed by atoms with Crippen LogP contribution in [0.15, 0.2) is 42.5 Å². The van der Waals surface area contributed by atoms with Crippen LogP contribution in [0.1, 0.15) is 24.2 Å². The van der Waals surface area contributed by atoms with Crippen molar-refractivity contribution in [2.24, 2.45) is 0 Å². The molecule has 150 valence electrons. The van der Waals surface area contributed by atoms with E-state index in [0.717, 1.165) is 29.9 Å². The van der Waals surface area contributed by atoms with E-state index in [1.54, 1.807) is 11.0 Å². The van der Waals surface area contributed by atoms with Crippen molar-refractivity contribution in [2.45, 2.75) is 13.8 Å². The number of benzene rings is 2. The van der Waals surface area contributed by atoms with E-state index in [1.165, 1.54) is 35.6 Å². The van der Waals surface area contributed by atoms with Crippen LogP contribution in [-0.2, 0) is 0 Å². The van der Waals surface area contributed by atoms with Crippen LogP contribution in [-0.4, -0.2) is 42.0 Å². The van der Waals surface area contributed by atoms with Crippen LogP contribution < -0.4 is 4.90 Å². The molecule has 8 heteroatoms. The number of rotatable bonds is 7. The molecule has 0 fully saturated rings. The van der Waals surface area contributed by atoms with Crippen molar-refractivity contribution in [1.29, 1.82) is 0 Å². The highest BCUT2D eigenvalue weighted by molar-refractivity contribution is 7.22. The number of carbonyl (C=O) groups is 1. The molecule has 3 aromatic rings. The molecule has 1 heterocycles. The minimum Gasteiger partial charge on any atom is -0.302 e. The molecule has 4 nitrogen and oxygen atoms in total. The average molecular weight is 442 g/mol. The quantitative estimate of drug-likeness (QED) is 0.485. The van der Waals surface area contributed by atoms with Crippen molar-refractivity contribution < 1.29 is 9.18 Å². The van der Waals surface area contributed by atoms with E-state index in [9.17, 15) is 9.18 Å². The maximum Gasteiger partial charge on any atom is 0.260 e. The van der Waals surface area contributed by atoms with E-state index in [2.05, 4.69) is 23.7 Å². The van der Waals surface area contributed by atoms with Crippen molar-refractivity contribution in [1.82, 2.24) is 9.88 Å². The molecule has 2 aromatic carbocycles. The van der Waals surface area contributed by atoms with Gasteiger partial charge >= 0.3 is 0 Å². The van der Waals surface area contributed by atoms with E-state index in [4.69, 9.17) is 11.6 Å². The van der Waals surface area contributed by atoms with Gasteiger partial charge in [-0.25, -0.2) is 9.37 Å². The number of aromatic nitrogens is 1. The number of thiazole rings is 1. The van der Waals surface area contributed by atoms with Gasteiger partial charge in [-0.05, 0) is 55.6 Å². The van der Waals surface area contributed by atoms with Crippen LogP contribution in [0, 0.1) is 5.82 Å². The topological polar surface area (TPSA) is 36.4 Å². The molecule has 1 amide bonds. The second kappa shape index (κ2) is 10.2. The summed E-state index contributed by atoms with van der Waals surface area (Å²) < 4.78 is 14.2. The third kappa shape index (κ3) is 5.20. The molecule has 0 bridgehead atoms. The zero-order chi connectivity index (χ0) is 19.4. The van der Waals surface area contributed by atoms with Gasteiger partial charge < -0.3 is 4.90 Å². The molecule has 1 aromatic heterocycles. The Kier molecular flexibility index (Phi) is 8.19. The van der Waals surface area contributed by atoms with Gasteiger partial charge in [-0.15, -0.1) is 12.4 Å². The predicted octanol–water partition coefficient (Wildman–Crippen LogP) is 5.50. The maximum atomic E-state index is 13.2. The Balaban J connectivity index is 0.00000280. The minimum absolute atomic E-state index is 0. The Bertz CT molecular complexity index is 929. The fourth-order valence-electron chi connectivity index (χ4n) is 2.82. The minimum atomic E-state index is -0.365. The SMILES string of the molecule is CCN(CC)CCN(C(=O)c1ccc(F)cc1)c1nc2ccc(Cl)cc2s1.Cl. The van der Waals surface area contributed by atoms with Crippen molar-refractivity contribution in [3.8, 4) is 0 Å². The van der Waals surface area contributed by atoms with Crippen LogP contribution >= 0.6 is 35.3 Å². The Morgan fingerprint density at radius 3 is 2.43 bits per heavy atom. The summed E-state index contributed by atoms with van der Waals surface area (Å²) in [6, 6.07) is 11.1. The summed E-state index contributed by atoms with van der Waals surface area (Å²) in [5.41, 5.74) is 1.24. The molecule has 0 aliphatic rings. The zero-order valence-electron chi connectivity index (χ0n) is 15.7. The molecular weight excluding hydrogens is 420 g/mol. The summed E-state index contributed by atoms with van der Waals surface area (Å²) in [6.07, 6.45) is 0. The summed E-state index contributed by atoms with van der Waals surface area (Å²) in [5, 5.41) is 1.26. The molecule has 0 aliphatic heterocycles. The van der Waals surface area contributed by atoms with Gasteiger partial charge in [-0.3, -0.25) is 9.69 Å². The molecule has 0 atom stereocenters. The van der Waals surface area contributed by atoms with Gasteiger partial charge in [0.15, 0.2) is 5.13 Å². The van der Waals surface area contributed by atoms with E-state index >= 15 is 0 Å². The Hall–Kier alpha value is -1.73. The van der Waals surface area contributed by atoms with E-state index in [-0.39, 0.29) is 24.1 Å². The normalized spacial score (nSPS) is 10.9. The number of hydrogen-bond donors (Lipinski definition) is 0. The number of likely N-dealkylation sites (N-methyl/N-ethyl adjacent to an activating group) is 1. The lowest BCUT2D eigenvalue weighted by atomic mass is 10.2. The van der Waals surface area contributed by atoms with Crippen molar-refractivity contribution in [3.05, 3.63) is 58.9 Å². The van der Waals surface area contributed by atoms with Crippen LogP contribution in [0.3, 0.4) is 0 Å². The molecule has 0 unspecified atom stereocenters. The first-order chi connectivity index (χ1) is 13.0. The molecule has 0 saturated carbocycles. The van der Waals surface area contributed by atoms with Gasteiger partial charge in [0, 0.05) is 23.7 Å². The summed E-state index contributed by atoms with van der Waals surface area (Å²) in [7, 11) is 0. The average Bonchev–Trinajstić information content (AvgIpc) is 3.08. The maximum absolute atomic E-state index is 13.2. The predicted molar refractivity (Wildman–Crippen MR) is 118 cm³/mol. The van der Waals surface area contributed by atoms with Gasteiger partial charge in [0.05, 0.1) is 10.2 Å². The lowest BCUT2D eigenvalue weighted by Crippen LogP contribution is -2.38. The third-order valence-electron chi connectivity index (χ3n) is 4.44. The van der Waals surface area contributed by atoms with Crippen LogP contribution in [0.25, 0.3) is 10.2 Å². The number of hydrogen-bond acceptors (Lipinski definition) is 4. The number of anilines is 1. The first-order valence-electron chi connectivity index (χ1n) is 8.87. The standard InChI is InChI=1S/C20H21ClFN3OS.ClH/c1-3-24(4-2)11-12-25(19(26)14-5-8-16(22)9-6-14)20-23-17-10-7-15(21)13-18(17)27-20;/h5-10,13H,3-4,11-12H2,1-2H3;1H. The van der Waals surface area contributed by atoms with Crippen molar-refractivity contribution >= 4 is 56.6 Å². The largest absolute Gasteiger partial charge is 0.302 e. The van der Waals surface area contributed by atoms with E-state index in [0.29, 0.717) is 22.3 Å². The number of carbonyl (C=O) groups excluding carboxylic acids is 1. The van der Waals surface area contributed by atoms with Gasteiger partial charge in [0.2, 0.25) is 0 Å². The lowest BCUT2D eigenvalue weighted by molar-refractivity contribution is 0.0983. The first kappa shape index (κ1) is 22.6. The van der Waals surface area contributed by atoms with E-state index < -0.39 is 0 Å². The van der Waals surface area contributed by atoms with Gasteiger partial charge in [-0.2, -0.15) is 0 Å². The highest BCUT2D eigenvalue weighted by Crippen LogP contribution is 2.31. The highest BCUT2D eigenvalue weighted by Gasteiger charge is 2.22. The highest BCUT2D eigenvalue weighted by atomic mass is 35.5.